The summed E-state index contributed by atoms with van der Waals surface area (Å²) < 4.78 is 16.7. The van der Waals surface area contributed by atoms with E-state index in [4.69, 9.17) is 14.2 Å². The van der Waals surface area contributed by atoms with E-state index in [2.05, 4.69) is 10.2 Å². The van der Waals surface area contributed by atoms with Crippen molar-refractivity contribution >= 4 is 23.6 Å². The lowest BCUT2D eigenvalue weighted by Gasteiger charge is -2.30. The second-order valence-electron chi connectivity index (χ2n) is 14.8. The van der Waals surface area contributed by atoms with Crippen LogP contribution in [0.25, 0.3) is 0 Å². The number of rotatable bonds is 12. The maximum absolute atomic E-state index is 12.7. The highest BCUT2D eigenvalue weighted by Gasteiger charge is 2.26. The summed E-state index contributed by atoms with van der Waals surface area (Å²) in [7, 11) is 0. The number of nitro groups is 1. The molecule has 260 valence electrons. The molecule has 1 N–H and O–H groups in total. The smallest absolute Gasteiger partial charge is 0.320 e. The number of non-ortho nitro benzene ring substituents is 1. The van der Waals surface area contributed by atoms with Crippen LogP contribution in [-0.2, 0) is 35.0 Å². The molecule has 1 aliphatic heterocycles. The lowest BCUT2D eigenvalue weighted by Crippen LogP contribution is -2.48. The van der Waals surface area contributed by atoms with Crippen LogP contribution in [0.1, 0.15) is 67.9 Å². The predicted octanol–water partition coefficient (Wildman–Crippen LogP) is 3.04. The van der Waals surface area contributed by atoms with Crippen molar-refractivity contribution in [2.45, 2.75) is 91.6 Å². The second kappa shape index (κ2) is 17.1. The fraction of sp³-hybridized carbons (Fsp3) is 0.727. The van der Waals surface area contributed by atoms with E-state index in [9.17, 15) is 24.5 Å². The zero-order valence-electron chi connectivity index (χ0n) is 29.2. The van der Waals surface area contributed by atoms with Gasteiger partial charge in [0.25, 0.3) is 5.69 Å². The number of nitrogens with zero attached hydrogens (tertiary/aromatic N) is 4. The van der Waals surface area contributed by atoms with Gasteiger partial charge in [0.1, 0.15) is 16.8 Å². The minimum atomic E-state index is -0.622. The third-order valence-corrected chi connectivity index (χ3v) is 6.81. The molecule has 0 spiro atoms. The van der Waals surface area contributed by atoms with Crippen LogP contribution >= 0.6 is 0 Å². The average Bonchev–Trinajstić information content (AvgIpc) is 2.96. The minimum absolute atomic E-state index is 0.00169. The molecule has 46 heavy (non-hydrogen) atoms. The Morgan fingerprint density at radius 3 is 1.50 bits per heavy atom. The number of benzene rings is 1. The van der Waals surface area contributed by atoms with Crippen molar-refractivity contribution < 1.29 is 33.5 Å². The lowest BCUT2D eigenvalue weighted by molar-refractivity contribution is -0.384. The Balaban J connectivity index is 2.25. The number of carbonyl (C=O) groups is 3. The van der Waals surface area contributed by atoms with Gasteiger partial charge in [-0.1, -0.05) is 12.1 Å². The number of nitro benzene ring substituents is 1. The van der Waals surface area contributed by atoms with E-state index in [1.54, 1.807) is 12.1 Å². The van der Waals surface area contributed by atoms with Crippen LogP contribution in [-0.4, -0.2) is 126 Å². The molecule has 1 atom stereocenters. The summed E-state index contributed by atoms with van der Waals surface area (Å²) in [6.45, 7) is 20.8. The largest absolute Gasteiger partial charge is 0.459 e. The number of carbonyl (C=O) groups excluding carboxylic acids is 3. The Morgan fingerprint density at radius 2 is 1.11 bits per heavy atom. The van der Waals surface area contributed by atoms with E-state index in [0.29, 0.717) is 52.2 Å². The Labute approximate surface area is 274 Å². The maximum Gasteiger partial charge on any atom is 0.320 e. The highest BCUT2D eigenvalue weighted by Crippen LogP contribution is 2.15. The second-order valence-corrected chi connectivity index (χ2v) is 14.8. The van der Waals surface area contributed by atoms with Gasteiger partial charge in [-0.25, -0.2) is 0 Å². The fourth-order valence-corrected chi connectivity index (χ4v) is 4.95. The van der Waals surface area contributed by atoms with Crippen molar-refractivity contribution in [1.29, 1.82) is 0 Å². The van der Waals surface area contributed by atoms with Gasteiger partial charge in [-0.2, -0.15) is 0 Å². The number of nitrogens with one attached hydrogen (secondary N) is 1. The molecular weight excluding hydrogens is 594 g/mol. The maximum atomic E-state index is 12.7. The molecule has 0 aliphatic carbocycles. The van der Waals surface area contributed by atoms with Crippen LogP contribution < -0.4 is 5.32 Å². The van der Waals surface area contributed by atoms with Crippen LogP contribution in [0.3, 0.4) is 0 Å². The Morgan fingerprint density at radius 1 is 0.717 bits per heavy atom. The molecule has 0 radical (unpaired) electrons. The first kappa shape index (κ1) is 39.1. The molecule has 1 aliphatic rings. The Hall–Kier alpha value is -3.13. The standard InChI is InChI=1S/C33H55N5O8/c1-31(2,3)44-28(39)21-34-26(20-25-10-12-27(13-11-25)38(42)43)22-35-14-16-36(23-29(40)45-32(4,5)6)18-19-37(17-15-35)24-30(41)46-33(7,8)9/h10-13,26,34H,14-24H2,1-9H3. The SMILES string of the molecule is CC(C)(C)OC(=O)CNC(Cc1ccc([N+](=O)[O-])cc1)CN1CCN(CC(=O)OC(C)(C)C)CCN(CC(=O)OC(C)(C)C)CC1. The molecule has 0 saturated carbocycles. The summed E-state index contributed by atoms with van der Waals surface area (Å²) in [6.07, 6.45) is 0.514. The molecule has 0 amide bonds. The molecule has 1 fully saturated rings. The van der Waals surface area contributed by atoms with Crippen LogP contribution in [0.5, 0.6) is 0 Å². The quantitative estimate of drug-likeness (QED) is 0.154. The molecule has 1 unspecified atom stereocenters. The molecule has 0 aromatic heterocycles. The molecule has 1 heterocycles. The summed E-state index contributed by atoms with van der Waals surface area (Å²) >= 11 is 0. The van der Waals surface area contributed by atoms with Gasteiger partial charge < -0.3 is 19.5 Å². The van der Waals surface area contributed by atoms with Gasteiger partial charge in [0, 0.05) is 64.0 Å². The third kappa shape index (κ3) is 17.0. The normalized spacial score (nSPS) is 16.9. The molecule has 0 bridgehead atoms. The molecule has 1 saturated heterocycles. The number of hydrogen-bond donors (Lipinski definition) is 1. The summed E-state index contributed by atoms with van der Waals surface area (Å²) in [5, 5.41) is 14.5. The number of hydrogen-bond acceptors (Lipinski definition) is 12. The molecular formula is C33H55N5O8. The summed E-state index contributed by atoms with van der Waals surface area (Å²) in [6, 6.07) is 6.20. The van der Waals surface area contributed by atoms with E-state index in [1.165, 1.54) is 12.1 Å². The lowest BCUT2D eigenvalue weighted by atomic mass is 10.0. The van der Waals surface area contributed by atoms with E-state index >= 15 is 0 Å². The molecule has 1 aromatic carbocycles. The van der Waals surface area contributed by atoms with Gasteiger partial charge in [-0.05, 0) is 74.3 Å². The highest BCUT2D eigenvalue weighted by atomic mass is 16.6. The van der Waals surface area contributed by atoms with Crippen molar-refractivity contribution in [3.05, 3.63) is 39.9 Å². The first-order valence-corrected chi connectivity index (χ1v) is 16.0. The summed E-state index contributed by atoms with van der Waals surface area (Å²) in [5.41, 5.74) is -0.928. The fourth-order valence-electron chi connectivity index (χ4n) is 4.95. The van der Waals surface area contributed by atoms with Crippen molar-refractivity contribution in [1.82, 2.24) is 20.0 Å². The van der Waals surface area contributed by atoms with Gasteiger partial charge >= 0.3 is 17.9 Å². The zero-order chi connectivity index (χ0) is 34.7. The van der Waals surface area contributed by atoms with Crippen molar-refractivity contribution in [2.24, 2.45) is 0 Å². The predicted molar refractivity (Wildman–Crippen MR) is 175 cm³/mol. The summed E-state index contributed by atoms with van der Waals surface area (Å²) in [4.78, 5) is 55.1. The monoisotopic (exact) mass is 649 g/mol. The Kier molecular flexibility index (Phi) is 14.6. The minimum Gasteiger partial charge on any atom is -0.459 e. The zero-order valence-corrected chi connectivity index (χ0v) is 29.2. The van der Waals surface area contributed by atoms with Gasteiger partial charge in [0.2, 0.25) is 0 Å². The topological polar surface area (TPSA) is 144 Å². The van der Waals surface area contributed by atoms with Gasteiger partial charge in [0.05, 0.1) is 24.6 Å². The number of esters is 3. The molecule has 13 nitrogen and oxygen atoms in total. The third-order valence-electron chi connectivity index (χ3n) is 6.81. The van der Waals surface area contributed by atoms with E-state index in [0.717, 1.165) is 5.56 Å². The molecule has 1 aromatic rings. The van der Waals surface area contributed by atoms with Crippen molar-refractivity contribution in [2.75, 3.05) is 65.4 Å². The van der Waals surface area contributed by atoms with Crippen molar-refractivity contribution in [3.8, 4) is 0 Å². The first-order valence-electron chi connectivity index (χ1n) is 16.0. The van der Waals surface area contributed by atoms with Gasteiger partial charge in [0.15, 0.2) is 0 Å². The Bertz CT molecular complexity index is 1110. The van der Waals surface area contributed by atoms with Gasteiger partial charge in [-0.3, -0.25) is 39.2 Å². The molecule has 2 rings (SSSR count). The van der Waals surface area contributed by atoms with E-state index < -0.39 is 21.7 Å². The first-order chi connectivity index (χ1) is 21.2. The van der Waals surface area contributed by atoms with Crippen LogP contribution in [0.15, 0.2) is 24.3 Å². The number of ether oxygens (including phenoxy) is 3. The highest BCUT2D eigenvalue weighted by molar-refractivity contribution is 5.73. The van der Waals surface area contributed by atoms with E-state index in [1.807, 2.05) is 72.1 Å². The van der Waals surface area contributed by atoms with Crippen molar-refractivity contribution in [3.63, 3.8) is 0 Å². The summed E-state index contributed by atoms with van der Waals surface area (Å²) in [5.74, 6) is -1.00. The van der Waals surface area contributed by atoms with Crippen LogP contribution in [0.2, 0.25) is 0 Å². The molecule has 13 heteroatoms. The van der Waals surface area contributed by atoms with Crippen LogP contribution in [0.4, 0.5) is 5.69 Å². The van der Waals surface area contributed by atoms with Crippen LogP contribution in [0, 0.1) is 10.1 Å². The van der Waals surface area contributed by atoms with Gasteiger partial charge in [-0.15, -0.1) is 0 Å². The van der Waals surface area contributed by atoms with E-state index in [-0.39, 0.29) is 49.3 Å². The average molecular weight is 650 g/mol.